The third kappa shape index (κ3) is 7.00. The van der Waals surface area contributed by atoms with Gasteiger partial charge in [0.2, 0.25) is 0 Å². The number of quaternary nitrogens is 2. The first-order chi connectivity index (χ1) is 9.62. The van der Waals surface area contributed by atoms with Crippen molar-refractivity contribution in [2.24, 2.45) is 0 Å². The highest BCUT2D eigenvalue weighted by Crippen LogP contribution is 2.19. The van der Waals surface area contributed by atoms with Gasteiger partial charge in [-0.25, -0.2) is 0 Å². The highest BCUT2D eigenvalue weighted by atomic mass is 79.9. The van der Waals surface area contributed by atoms with E-state index in [1.165, 1.54) is 112 Å². The fraction of sp³-hybridized carbons (Fsp3) is 1.00. The summed E-state index contributed by atoms with van der Waals surface area (Å²) in [6.07, 6.45) is 14.6. The van der Waals surface area contributed by atoms with Gasteiger partial charge < -0.3 is 25.9 Å². The fourth-order valence-electron chi connectivity index (χ4n) is 4.34. The summed E-state index contributed by atoms with van der Waals surface area (Å²) < 4.78 is 2.73. The fourth-order valence-corrected chi connectivity index (χ4v) is 4.34. The van der Waals surface area contributed by atoms with Crippen molar-refractivity contribution in [3.8, 4) is 0 Å². The zero-order valence-corrected chi connectivity index (χ0v) is 16.2. The lowest BCUT2D eigenvalue weighted by molar-refractivity contribution is -0.915. The van der Waals surface area contributed by atoms with Crippen LogP contribution in [0.5, 0.6) is 0 Å². The van der Waals surface area contributed by atoms with Crippen LogP contribution in [0, 0.1) is 0 Å². The summed E-state index contributed by atoms with van der Waals surface area (Å²) in [4.78, 5) is 0. The number of halogens is 1. The molecule has 0 atom stereocenters. The Morgan fingerprint density at radius 2 is 0.810 bits per heavy atom. The van der Waals surface area contributed by atoms with E-state index in [9.17, 15) is 0 Å². The van der Waals surface area contributed by atoms with E-state index >= 15 is 0 Å². The topological polar surface area (TPSA) is 0 Å². The van der Waals surface area contributed by atoms with Gasteiger partial charge in [-0.3, -0.25) is 0 Å². The molecule has 0 saturated carbocycles. The molecule has 0 aromatic heterocycles. The molecular weight excluding hydrogens is 324 g/mol. The molecule has 2 rings (SSSR count). The third-order valence-electron chi connectivity index (χ3n) is 5.94. The first-order valence-electron chi connectivity index (χ1n) is 9.29. The highest BCUT2D eigenvalue weighted by Gasteiger charge is 2.25. The second-order valence-corrected chi connectivity index (χ2v) is 8.12. The van der Waals surface area contributed by atoms with E-state index < -0.39 is 0 Å². The Morgan fingerprint density at radius 1 is 0.524 bits per heavy atom. The molecule has 0 aliphatic carbocycles. The molecule has 0 aromatic carbocycles. The molecule has 2 nitrogen and oxygen atoms in total. The molecule has 2 fully saturated rings. The summed E-state index contributed by atoms with van der Waals surface area (Å²) in [5, 5.41) is 0. The molecule has 21 heavy (non-hydrogen) atoms. The van der Waals surface area contributed by atoms with Gasteiger partial charge in [-0.05, 0) is 51.4 Å². The summed E-state index contributed by atoms with van der Waals surface area (Å²) in [5.41, 5.74) is 0. The standard InChI is InChI=1S/C18H38N2.BrH/c1-19(13-7-3-4-8-14-19)17-11-12-18-20(2)15-9-5-6-10-16-20;/h3-18H2,1-2H3;1H/q+2;/p-1. The lowest BCUT2D eigenvalue weighted by atomic mass is 10.2. The lowest BCUT2D eigenvalue weighted by Crippen LogP contribution is -3.00. The van der Waals surface area contributed by atoms with Crippen LogP contribution in [0.3, 0.4) is 0 Å². The van der Waals surface area contributed by atoms with Crippen LogP contribution in [0.2, 0.25) is 0 Å². The minimum atomic E-state index is 0. The average molecular weight is 362 g/mol. The SMILES string of the molecule is C[N+]1(CCCC[N+]2(C)CCCCCC2)CCCCCC1.[Br-]. The molecule has 0 aromatic rings. The molecule has 3 heteroatoms. The number of hydrogen-bond acceptors (Lipinski definition) is 0. The molecule has 0 bridgehead atoms. The molecule has 0 N–H and O–H groups in total. The normalized spacial score (nSPS) is 25.4. The second kappa shape index (κ2) is 9.52. The third-order valence-corrected chi connectivity index (χ3v) is 5.94. The Balaban J connectivity index is 0.00000220. The molecule has 2 aliphatic rings. The maximum Gasteiger partial charge on any atom is 0.0786 e. The molecular formula is C18H38BrN2+. The molecule has 0 radical (unpaired) electrons. The number of likely N-dealkylation sites (tertiary alicyclic amines) is 2. The zero-order chi connectivity index (χ0) is 14.3. The van der Waals surface area contributed by atoms with Gasteiger partial charge in [0.25, 0.3) is 0 Å². The van der Waals surface area contributed by atoms with E-state index in [-0.39, 0.29) is 17.0 Å². The van der Waals surface area contributed by atoms with Crippen molar-refractivity contribution in [3.63, 3.8) is 0 Å². The monoisotopic (exact) mass is 361 g/mol. The molecule has 0 unspecified atom stereocenters. The Hall–Kier alpha value is 0.400. The van der Waals surface area contributed by atoms with Crippen molar-refractivity contribution < 1.29 is 25.9 Å². The largest absolute Gasteiger partial charge is 1.00 e. The van der Waals surface area contributed by atoms with E-state index in [4.69, 9.17) is 0 Å². The van der Waals surface area contributed by atoms with Crippen LogP contribution in [0.1, 0.15) is 64.2 Å². The van der Waals surface area contributed by atoms with Crippen molar-refractivity contribution in [3.05, 3.63) is 0 Å². The van der Waals surface area contributed by atoms with Crippen LogP contribution in [0.4, 0.5) is 0 Å². The average Bonchev–Trinajstić information content (AvgIpc) is 2.77. The van der Waals surface area contributed by atoms with Crippen LogP contribution < -0.4 is 17.0 Å². The van der Waals surface area contributed by atoms with Gasteiger partial charge in [0.15, 0.2) is 0 Å². The smallest absolute Gasteiger partial charge is 0.0786 e. The molecule has 126 valence electrons. The maximum absolute atomic E-state index is 2.51. The van der Waals surface area contributed by atoms with Gasteiger partial charge in [-0.15, -0.1) is 0 Å². The van der Waals surface area contributed by atoms with Crippen molar-refractivity contribution in [1.82, 2.24) is 0 Å². The number of unbranched alkanes of at least 4 members (excludes halogenated alkanes) is 1. The molecule has 2 aliphatic heterocycles. The van der Waals surface area contributed by atoms with Crippen molar-refractivity contribution in [2.75, 3.05) is 53.4 Å². The highest BCUT2D eigenvalue weighted by molar-refractivity contribution is 4.54. The minimum absolute atomic E-state index is 0. The maximum atomic E-state index is 2.51. The Bertz CT molecular complexity index is 236. The minimum Gasteiger partial charge on any atom is -1.00 e. The number of hydrogen-bond donors (Lipinski definition) is 0. The van der Waals surface area contributed by atoms with Crippen LogP contribution >= 0.6 is 0 Å². The predicted octanol–water partition coefficient (Wildman–Crippen LogP) is 0.812. The quantitative estimate of drug-likeness (QED) is 0.502. The van der Waals surface area contributed by atoms with E-state index in [0.717, 1.165) is 0 Å². The predicted molar refractivity (Wildman–Crippen MR) is 87.7 cm³/mol. The Labute approximate surface area is 143 Å². The van der Waals surface area contributed by atoms with Gasteiger partial charge in [-0.1, -0.05) is 0 Å². The first-order valence-corrected chi connectivity index (χ1v) is 9.29. The van der Waals surface area contributed by atoms with E-state index in [0.29, 0.717) is 0 Å². The first kappa shape index (κ1) is 19.4. The summed E-state index contributed by atoms with van der Waals surface area (Å²) >= 11 is 0. The van der Waals surface area contributed by atoms with Gasteiger partial charge in [0.05, 0.1) is 53.4 Å². The summed E-state index contributed by atoms with van der Waals surface area (Å²) in [6, 6.07) is 0. The Kier molecular flexibility index (Phi) is 8.82. The lowest BCUT2D eigenvalue weighted by Gasteiger charge is -2.35. The molecule has 2 heterocycles. The zero-order valence-electron chi connectivity index (χ0n) is 14.6. The van der Waals surface area contributed by atoms with Crippen LogP contribution in [-0.2, 0) is 0 Å². The number of rotatable bonds is 5. The Morgan fingerprint density at radius 3 is 1.10 bits per heavy atom. The van der Waals surface area contributed by atoms with Crippen molar-refractivity contribution in [2.45, 2.75) is 64.2 Å². The van der Waals surface area contributed by atoms with Gasteiger partial charge in [-0.2, -0.15) is 0 Å². The van der Waals surface area contributed by atoms with Crippen LogP contribution in [0.25, 0.3) is 0 Å². The van der Waals surface area contributed by atoms with Gasteiger partial charge in [0, 0.05) is 12.8 Å². The van der Waals surface area contributed by atoms with Crippen molar-refractivity contribution >= 4 is 0 Å². The van der Waals surface area contributed by atoms with Crippen molar-refractivity contribution in [1.29, 1.82) is 0 Å². The van der Waals surface area contributed by atoms with E-state index in [2.05, 4.69) is 14.1 Å². The van der Waals surface area contributed by atoms with E-state index in [1.54, 1.807) is 0 Å². The van der Waals surface area contributed by atoms with Gasteiger partial charge in [0.1, 0.15) is 0 Å². The second-order valence-electron chi connectivity index (χ2n) is 8.12. The van der Waals surface area contributed by atoms with Crippen LogP contribution in [-0.4, -0.2) is 62.3 Å². The molecule has 0 spiro atoms. The number of nitrogens with zero attached hydrogens (tertiary/aromatic N) is 2. The van der Waals surface area contributed by atoms with Crippen LogP contribution in [0.15, 0.2) is 0 Å². The summed E-state index contributed by atoms with van der Waals surface area (Å²) in [6.45, 7) is 8.61. The van der Waals surface area contributed by atoms with E-state index in [1.807, 2.05) is 0 Å². The summed E-state index contributed by atoms with van der Waals surface area (Å²) in [5.74, 6) is 0. The molecule has 0 amide bonds. The summed E-state index contributed by atoms with van der Waals surface area (Å²) in [7, 11) is 5.01. The van der Waals surface area contributed by atoms with Gasteiger partial charge >= 0.3 is 0 Å². The molecule has 2 saturated heterocycles.